The molecule has 0 spiro atoms. The number of nitro groups is 1. The molecule has 0 aliphatic rings. The van der Waals surface area contributed by atoms with Crippen LogP contribution in [0.4, 0.5) is 11.4 Å². The zero-order valence-electron chi connectivity index (χ0n) is 15.5. The Bertz CT molecular complexity index is 1190. The first-order chi connectivity index (χ1) is 13.8. The van der Waals surface area contributed by atoms with Gasteiger partial charge in [0.25, 0.3) is 5.69 Å². The second kappa shape index (κ2) is 8.27. The van der Waals surface area contributed by atoms with Gasteiger partial charge in [-0.2, -0.15) is 0 Å². The lowest BCUT2D eigenvalue weighted by atomic mass is 10.1. The molecular formula is C20H18N2O6S. The summed E-state index contributed by atoms with van der Waals surface area (Å²) in [5.41, 5.74) is -0.482. The summed E-state index contributed by atoms with van der Waals surface area (Å²) in [4.78, 5) is 22.9. The van der Waals surface area contributed by atoms with Crippen LogP contribution in [0.5, 0.6) is 5.75 Å². The molecule has 0 saturated heterocycles. The van der Waals surface area contributed by atoms with Gasteiger partial charge in [-0.1, -0.05) is 30.3 Å². The van der Waals surface area contributed by atoms with E-state index in [0.29, 0.717) is 6.61 Å². The maximum absolute atomic E-state index is 12.6. The first-order valence-electron chi connectivity index (χ1n) is 8.73. The van der Waals surface area contributed by atoms with Crippen LogP contribution in [0.15, 0.2) is 65.6 Å². The van der Waals surface area contributed by atoms with E-state index in [2.05, 4.69) is 5.32 Å². The number of ether oxygens (including phenoxy) is 1. The molecule has 0 radical (unpaired) electrons. The molecule has 0 fully saturated rings. The molecule has 9 heteroatoms. The standard InChI is InChI=1S/C20H18N2O6S/c1-2-28-16-8-10-18(19(12-16)22(24)25)21-20(23)13-29(26,27)17-9-7-14-5-3-4-6-15(14)11-17/h3-12H,2,13H2,1H3,(H,21,23). The third-order valence-corrected chi connectivity index (χ3v) is 5.77. The monoisotopic (exact) mass is 414 g/mol. The van der Waals surface area contributed by atoms with Crippen molar-refractivity contribution in [2.45, 2.75) is 11.8 Å². The van der Waals surface area contributed by atoms with Crippen LogP contribution in [-0.4, -0.2) is 31.6 Å². The highest BCUT2D eigenvalue weighted by Crippen LogP contribution is 2.29. The maximum atomic E-state index is 12.6. The van der Waals surface area contributed by atoms with Crippen molar-refractivity contribution < 1.29 is 22.9 Å². The van der Waals surface area contributed by atoms with Gasteiger partial charge in [0.15, 0.2) is 9.84 Å². The second-order valence-electron chi connectivity index (χ2n) is 6.19. The summed E-state index contributed by atoms with van der Waals surface area (Å²) in [6.07, 6.45) is 0. The van der Waals surface area contributed by atoms with E-state index in [9.17, 15) is 23.3 Å². The van der Waals surface area contributed by atoms with Crippen LogP contribution in [0.2, 0.25) is 0 Å². The van der Waals surface area contributed by atoms with Gasteiger partial charge in [-0.05, 0) is 42.0 Å². The number of nitrogens with one attached hydrogen (secondary N) is 1. The lowest BCUT2D eigenvalue weighted by Crippen LogP contribution is -2.23. The van der Waals surface area contributed by atoms with Gasteiger partial charge in [-0.3, -0.25) is 14.9 Å². The Hall–Kier alpha value is -3.46. The molecule has 0 atom stereocenters. The van der Waals surface area contributed by atoms with E-state index in [-0.39, 0.29) is 22.0 Å². The van der Waals surface area contributed by atoms with Crippen LogP contribution < -0.4 is 10.1 Å². The highest BCUT2D eigenvalue weighted by molar-refractivity contribution is 7.92. The molecule has 0 aliphatic heterocycles. The van der Waals surface area contributed by atoms with Crippen molar-refractivity contribution >= 4 is 37.9 Å². The van der Waals surface area contributed by atoms with Gasteiger partial charge in [0.1, 0.15) is 17.2 Å². The van der Waals surface area contributed by atoms with E-state index in [1.54, 1.807) is 25.1 Å². The van der Waals surface area contributed by atoms with Crippen molar-refractivity contribution in [3.05, 3.63) is 70.8 Å². The number of sulfone groups is 1. The summed E-state index contributed by atoms with van der Waals surface area (Å²) in [5, 5.41) is 15.2. The van der Waals surface area contributed by atoms with Crippen molar-refractivity contribution in [1.82, 2.24) is 0 Å². The maximum Gasteiger partial charge on any atom is 0.296 e. The molecule has 150 valence electrons. The van der Waals surface area contributed by atoms with Crippen LogP contribution in [0.25, 0.3) is 10.8 Å². The Morgan fingerprint density at radius 1 is 1.07 bits per heavy atom. The van der Waals surface area contributed by atoms with Gasteiger partial charge < -0.3 is 10.1 Å². The minimum absolute atomic E-state index is 0.00698. The van der Waals surface area contributed by atoms with Gasteiger partial charge in [0.2, 0.25) is 5.91 Å². The number of amides is 1. The predicted molar refractivity (Wildman–Crippen MR) is 109 cm³/mol. The highest BCUT2D eigenvalue weighted by Gasteiger charge is 2.23. The van der Waals surface area contributed by atoms with Crippen molar-refractivity contribution in [3.63, 3.8) is 0 Å². The molecule has 1 amide bonds. The normalized spacial score (nSPS) is 11.2. The SMILES string of the molecule is CCOc1ccc(NC(=O)CS(=O)(=O)c2ccc3ccccc3c2)c([N+](=O)[O-])c1. The summed E-state index contributed by atoms with van der Waals surface area (Å²) >= 11 is 0. The van der Waals surface area contributed by atoms with E-state index >= 15 is 0 Å². The summed E-state index contributed by atoms with van der Waals surface area (Å²) in [7, 11) is -3.93. The van der Waals surface area contributed by atoms with Crippen LogP contribution in [0.3, 0.4) is 0 Å². The first kappa shape index (κ1) is 20.3. The Labute approximate surface area is 167 Å². The molecule has 29 heavy (non-hydrogen) atoms. The number of carbonyl (C=O) groups excluding carboxylic acids is 1. The zero-order chi connectivity index (χ0) is 21.0. The van der Waals surface area contributed by atoms with Crippen LogP contribution in [0.1, 0.15) is 6.92 Å². The molecule has 0 saturated carbocycles. The van der Waals surface area contributed by atoms with E-state index in [1.165, 1.54) is 30.3 Å². The molecule has 0 heterocycles. The quantitative estimate of drug-likeness (QED) is 0.467. The first-order valence-corrected chi connectivity index (χ1v) is 10.4. The minimum atomic E-state index is -3.93. The number of carbonyl (C=O) groups is 1. The molecule has 0 bridgehead atoms. The van der Waals surface area contributed by atoms with Crippen molar-refractivity contribution in [1.29, 1.82) is 0 Å². The summed E-state index contributed by atoms with van der Waals surface area (Å²) in [6.45, 7) is 2.06. The molecule has 3 aromatic carbocycles. The van der Waals surface area contributed by atoms with Crippen LogP contribution in [-0.2, 0) is 14.6 Å². The molecule has 0 aliphatic carbocycles. The third-order valence-electron chi connectivity index (χ3n) is 4.15. The van der Waals surface area contributed by atoms with Gasteiger partial charge >= 0.3 is 0 Å². The number of benzene rings is 3. The van der Waals surface area contributed by atoms with E-state index in [4.69, 9.17) is 4.74 Å². The second-order valence-corrected chi connectivity index (χ2v) is 8.17. The Kier molecular flexibility index (Phi) is 5.79. The molecular weight excluding hydrogens is 396 g/mol. The van der Waals surface area contributed by atoms with Crippen molar-refractivity contribution in [2.75, 3.05) is 17.7 Å². The average Bonchev–Trinajstić information content (AvgIpc) is 2.68. The molecule has 3 aromatic rings. The van der Waals surface area contributed by atoms with Gasteiger partial charge in [0.05, 0.1) is 22.5 Å². The number of hydrogen-bond donors (Lipinski definition) is 1. The Morgan fingerprint density at radius 2 is 1.79 bits per heavy atom. The molecule has 1 N–H and O–H groups in total. The van der Waals surface area contributed by atoms with Gasteiger partial charge in [-0.15, -0.1) is 0 Å². The smallest absolute Gasteiger partial charge is 0.296 e. The minimum Gasteiger partial charge on any atom is -0.494 e. The Morgan fingerprint density at radius 3 is 2.48 bits per heavy atom. The number of fused-ring (bicyclic) bond motifs is 1. The predicted octanol–water partition coefficient (Wildman–Crippen LogP) is 3.56. The lowest BCUT2D eigenvalue weighted by Gasteiger charge is -2.09. The topological polar surface area (TPSA) is 116 Å². The van der Waals surface area contributed by atoms with E-state index in [1.807, 2.05) is 12.1 Å². The highest BCUT2D eigenvalue weighted by atomic mass is 32.2. The number of nitro benzene ring substituents is 1. The largest absolute Gasteiger partial charge is 0.494 e. The summed E-state index contributed by atoms with van der Waals surface area (Å²) in [5.74, 6) is -1.43. The number of nitrogens with zero attached hydrogens (tertiary/aromatic N) is 1. The third kappa shape index (κ3) is 4.69. The van der Waals surface area contributed by atoms with E-state index in [0.717, 1.165) is 10.8 Å². The fraction of sp³-hybridized carbons (Fsp3) is 0.150. The van der Waals surface area contributed by atoms with Crippen LogP contribution >= 0.6 is 0 Å². The number of hydrogen-bond acceptors (Lipinski definition) is 6. The molecule has 3 rings (SSSR count). The van der Waals surface area contributed by atoms with Crippen LogP contribution in [0, 0.1) is 10.1 Å². The Balaban J connectivity index is 1.81. The fourth-order valence-corrected chi connectivity index (χ4v) is 3.99. The number of rotatable bonds is 7. The lowest BCUT2D eigenvalue weighted by molar-refractivity contribution is -0.384. The summed E-state index contributed by atoms with van der Waals surface area (Å²) < 4.78 is 30.5. The average molecular weight is 414 g/mol. The molecule has 0 aromatic heterocycles. The zero-order valence-corrected chi connectivity index (χ0v) is 16.3. The number of anilines is 1. The van der Waals surface area contributed by atoms with Crippen molar-refractivity contribution in [3.8, 4) is 5.75 Å². The van der Waals surface area contributed by atoms with E-state index < -0.39 is 26.4 Å². The van der Waals surface area contributed by atoms with Gasteiger partial charge in [-0.25, -0.2) is 8.42 Å². The van der Waals surface area contributed by atoms with Crippen molar-refractivity contribution in [2.24, 2.45) is 0 Å². The molecule has 0 unspecified atom stereocenters. The molecule has 8 nitrogen and oxygen atoms in total. The summed E-state index contributed by atoms with van der Waals surface area (Å²) in [6, 6.07) is 15.8. The van der Waals surface area contributed by atoms with Gasteiger partial charge in [0, 0.05) is 0 Å². The fourth-order valence-electron chi connectivity index (χ4n) is 2.83.